The summed E-state index contributed by atoms with van der Waals surface area (Å²) in [5.74, 6) is -3.33. The van der Waals surface area contributed by atoms with E-state index in [0.717, 1.165) is 9.80 Å². The first-order valence-electron chi connectivity index (χ1n) is 16.5. The molecule has 51 heavy (non-hydrogen) atoms. The molecule has 0 saturated heterocycles. The number of benzene rings is 4. The van der Waals surface area contributed by atoms with Crippen LogP contribution in [0.1, 0.15) is 81.0 Å². The predicted octanol–water partition coefficient (Wildman–Crippen LogP) is 5.33. The van der Waals surface area contributed by atoms with Crippen molar-refractivity contribution in [2.75, 3.05) is 10.6 Å². The molecule has 260 valence electrons. The van der Waals surface area contributed by atoms with Crippen LogP contribution in [0.15, 0.2) is 107 Å². The number of rotatable bonds is 12. The molecular formula is C38H34N4O8S. The molecule has 2 heterocycles. The molecule has 0 spiro atoms. The molecule has 12 nitrogen and oxygen atoms in total. The summed E-state index contributed by atoms with van der Waals surface area (Å²) in [6.07, 6.45) is 1.53. The smallest absolute Gasteiger partial charge is 0.262 e. The number of anilines is 2. The maximum absolute atomic E-state index is 13.5. The van der Waals surface area contributed by atoms with E-state index in [0.29, 0.717) is 12.8 Å². The third kappa shape index (κ3) is 6.43. The fourth-order valence-electron chi connectivity index (χ4n) is 6.31. The lowest BCUT2D eigenvalue weighted by molar-refractivity contribution is -0.120. The van der Waals surface area contributed by atoms with E-state index < -0.39 is 57.4 Å². The molecule has 0 bridgehead atoms. The van der Waals surface area contributed by atoms with Crippen LogP contribution in [0.2, 0.25) is 0 Å². The average molecular weight is 707 g/mol. The Morgan fingerprint density at radius 1 is 0.529 bits per heavy atom. The molecule has 4 aromatic carbocycles. The molecule has 2 unspecified atom stereocenters. The standard InChI is InChI=1S/C38H34N4O8S/c1-3-9-31(41-35(45)27-11-5-6-12-28(27)36(41)46)33(43)39-23-15-19-25(20-16-23)51(49,50)26-21-17-24(18-22-26)40-34(44)32(10-4-2)42-37(47)29-13-7-8-14-30(29)38(42)48/h5-8,11-22,31-32H,3-4,9-10H2,1-2H3,(H,39,43)(H,40,44). The van der Waals surface area contributed by atoms with Gasteiger partial charge in [0.25, 0.3) is 23.6 Å². The van der Waals surface area contributed by atoms with Crippen molar-refractivity contribution in [2.24, 2.45) is 0 Å². The third-order valence-corrected chi connectivity index (χ3v) is 10.7. The summed E-state index contributed by atoms with van der Waals surface area (Å²) in [6, 6.07) is 21.6. The molecule has 0 fully saturated rings. The van der Waals surface area contributed by atoms with Crippen molar-refractivity contribution in [2.45, 2.75) is 61.4 Å². The summed E-state index contributed by atoms with van der Waals surface area (Å²) in [5, 5.41) is 5.40. The van der Waals surface area contributed by atoms with Gasteiger partial charge in [-0.05, 0) is 85.6 Å². The molecule has 0 aliphatic carbocycles. The minimum atomic E-state index is -4.02. The van der Waals surface area contributed by atoms with Gasteiger partial charge in [0.15, 0.2) is 0 Å². The van der Waals surface area contributed by atoms with E-state index in [-0.39, 0.29) is 56.3 Å². The molecule has 0 saturated carbocycles. The Balaban J connectivity index is 1.12. The van der Waals surface area contributed by atoms with Gasteiger partial charge in [-0.3, -0.25) is 38.6 Å². The molecule has 13 heteroatoms. The molecule has 0 aromatic heterocycles. The number of amides is 6. The highest BCUT2D eigenvalue weighted by Gasteiger charge is 2.43. The van der Waals surface area contributed by atoms with Gasteiger partial charge >= 0.3 is 0 Å². The summed E-state index contributed by atoms with van der Waals surface area (Å²) in [7, 11) is -4.02. The first kappa shape index (κ1) is 34.9. The number of hydrogen-bond acceptors (Lipinski definition) is 8. The number of nitrogens with one attached hydrogen (secondary N) is 2. The van der Waals surface area contributed by atoms with Gasteiger partial charge < -0.3 is 10.6 Å². The van der Waals surface area contributed by atoms with Crippen LogP contribution in [-0.4, -0.2) is 65.7 Å². The van der Waals surface area contributed by atoms with E-state index in [4.69, 9.17) is 0 Å². The number of nitrogens with zero attached hydrogens (tertiary/aromatic N) is 2. The highest BCUT2D eigenvalue weighted by molar-refractivity contribution is 7.91. The van der Waals surface area contributed by atoms with Crippen LogP contribution in [-0.2, 0) is 19.4 Å². The highest BCUT2D eigenvalue weighted by Crippen LogP contribution is 2.29. The van der Waals surface area contributed by atoms with Gasteiger partial charge in [-0.2, -0.15) is 0 Å². The lowest BCUT2D eigenvalue weighted by atomic mass is 10.1. The molecule has 6 amide bonds. The van der Waals surface area contributed by atoms with Crippen molar-refractivity contribution in [3.8, 4) is 0 Å². The van der Waals surface area contributed by atoms with Gasteiger partial charge in [-0.15, -0.1) is 0 Å². The molecule has 2 atom stereocenters. The number of carbonyl (C=O) groups is 6. The van der Waals surface area contributed by atoms with Crippen molar-refractivity contribution < 1.29 is 37.2 Å². The first-order chi connectivity index (χ1) is 24.5. The molecule has 6 rings (SSSR count). The van der Waals surface area contributed by atoms with E-state index in [2.05, 4.69) is 10.6 Å². The van der Waals surface area contributed by atoms with Crippen LogP contribution in [0.5, 0.6) is 0 Å². The fraction of sp³-hybridized carbons (Fsp3) is 0.211. The van der Waals surface area contributed by atoms with Gasteiger partial charge in [0, 0.05) is 11.4 Å². The number of fused-ring (bicyclic) bond motifs is 2. The lowest BCUT2D eigenvalue weighted by Gasteiger charge is -2.25. The van der Waals surface area contributed by atoms with Crippen LogP contribution in [0.4, 0.5) is 11.4 Å². The van der Waals surface area contributed by atoms with Crippen molar-refractivity contribution in [1.82, 2.24) is 9.80 Å². The van der Waals surface area contributed by atoms with E-state index in [9.17, 15) is 37.2 Å². The molecule has 2 N–H and O–H groups in total. The minimum absolute atomic E-state index is 0.0589. The van der Waals surface area contributed by atoms with E-state index in [1.165, 1.54) is 48.5 Å². The van der Waals surface area contributed by atoms with Crippen LogP contribution >= 0.6 is 0 Å². The molecule has 0 radical (unpaired) electrons. The zero-order chi connectivity index (χ0) is 36.4. The van der Waals surface area contributed by atoms with Gasteiger partial charge in [-0.25, -0.2) is 8.42 Å². The zero-order valence-electron chi connectivity index (χ0n) is 27.8. The Bertz CT molecular complexity index is 1960. The lowest BCUT2D eigenvalue weighted by Crippen LogP contribution is -2.47. The minimum Gasteiger partial charge on any atom is -0.324 e. The quantitative estimate of drug-likeness (QED) is 0.187. The summed E-state index contributed by atoms with van der Waals surface area (Å²) >= 11 is 0. The Morgan fingerprint density at radius 3 is 1.10 bits per heavy atom. The summed E-state index contributed by atoms with van der Waals surface area (Å²) in [6.45, 7) is 3.67. The largest absolute Gasteiger partial charge is 0.324 e. The van der Waals surface area contributed by atoms with Gasteiger partial charge in [0.05, 0.1) is 32.0 Å². The van der Waals surface area contributed by atoms with Gasteiger partial charge in [0.1, 0.15) is 12.1 Å². The highest BCUT2D eigenvalue weighted by atomic mass is 32.2. The number of imide groups is 2. The van der Waals surface area contributed by atoms with Crippen LogP contribution < -0.4 is 10.6 Å². The van der Waals surface area contributed by atoms with E-state index in [1.807, 2.05) is 13.8 Å². The SMILES string of the molecule is CCCC(C(=O)Nc1ccc(S(=O)(=O)c2ccc(NC(=O)C(CCC)N3C(=O)c4ccccc4C3=O)cc2)cc1)N1C(=O)c2ccccc2C1=O. The van der Waals surface area contributed by atoms with E-state index >= 15 is 0 Å². The topological polar surface area (TPSA) is 167 Å². The molecule has 4 aromatic rings. The van der Waals surface area contributed by atoms with Gasteiger partial charge in [-0.1, -0.05) is 51.0 Å². The summed E-state index contributed by atoms with van der Waals surface area (Å²) < 4.78 is 26.9. The fourth-order valence-corrected chi connectivity index (χ4v) is 7.57. The number of carbonyl (C=O) groups excluding carboxylic acids is 6. The van der Waals surface area contributed by atoms with Crippen molar-refractivity contribution >= 4 is 56.7 Å². The summed E-state index contributed by atoms with van der Waals surface area (Å²) in [4.78, 5) is 80.6. The normalized spacial score (nSPS) is 15.0. The Morgan fingerprint density at radius 2 is 0.824 bits per heavy atom. The second-order valence-electron chi connectivity index (χ2n) is 12.2. The van der Waals surface area contributed by atoms with Crippen LogP contribution in [0, 0.1) is 0 Å². The number of sulfone groups is 1. The Kier molecular flexibility index (Phi) is 9.66. The third-order valence-electron chi connectivity index (χ3n) is 8.87. The monoisotopic (exact) mass is 706 g/mol. The molecule has 2 aliphatic rings. The van der Waals surface area contributed by atoms with Crippen LogP contribution in [0.3, 0.4) is 0 Å². The van der Waals surface area contributed by atoms with Crippen molar-refractivity contribution in [3.05, 3.63) is 119 Å². The Labute approximate surface area is 294 Å². The Hall–Kier alpha value is -5.95. The first-order valence-corrected chi connectivity index (χ1v) is 18.0. The van der Waals surface area contributed by atoms with Crippen molar-refractivity contribution in [1.29, 1.82) is 0 Å². The molecular weight excluding hydrogens is 673 g/mol. The van der Waals surface area contributed by atoms with Crippen molar-refractivity contribution in [3.63, 3.8) is 0 Å². The second-order valence-corrected chi connectivity index (χ2v) is 14.1. The van der Waals surface area contributed by atoms with E-state index in [1.54, 1.807) is 48.5 Å². The summed E-state index contributed by atoms with van der Waals surface area (Å²) in [5.41, 5.74) is 1.50. The maximum Gasteiger partial charge on any atom is 0.262 e. The van der Waals surface area contributed by atoms with Gasteiger partial charge in [0.2, 0.25) is 21.7 Å². The second kappa shape index (κ2) is 14.1. The maximum atomic E-state index is 13.5. The number of hydrogen-bond donors (Lipinski definition) is 2. The predicted molar refractivity (Wildman–Crippen MR) is 187 cm³/mol. The van der Waals surface area contributed by atoms with Crippen LogP contribution in [0.25, 0.3) is 0 Å². The zero-order valence-corrected chi connectivity index (χ0v) is 28.6. The average Bonchev–Trinajstić information content (AvgIpc) is 3.53. The molecule has 2 aliphatic heterocycles.